The van der Waals surface area contributed by atoms with E-state index in [4.69, 9.17) is 5.11 Å². The van der Waals surface area contributed by atoms with Gasteiger partial charge >= 0.3 is 5.97 Å². The summed E-state index contributed by atoms with van der Waals surface area (Å²) in [5.74, 6) is -1.44. The molecule has 1 aromatic rings. The van der Waals surface area contributed by atoms with Crippen LogP contribution < -0.4 is 0 Å². The standard InChI is InChI=1S/C13H18N2O3/c1-13(2,3)8-15(4)11(16)9-5-6-14-7-10(9)12(17)18/h5-7H,8H2,1-4H3,(H,17,18). The molecular formula is C13H18N2O3. The monoisotopic (exact) mass is 250 g/mol. The van der Waals surface area contributed by atoms with E-state index in [9.17, 15) is 9.59 Å². The van der Waals surface area contributed by atoms with Crippen molar-refractivity contribution in [1.29, 1.82) is 0 Å². The molecule has 98 valence electrons. The maximum absolute atomic E-state index is 12.2. The number of carboxylic acid groups (broad SMARTS) is 1. The van der Waals surface area contributed by atoms with Gasteiger partial charge in [0.2, 0.25) is 0 Å². The van der Waals surface area contributed by atoms with Crippen LogP contribution in [0.1, 0.15) is 41.5 Å². The van der Waals surface area contributed by atoms with Gasteiger partial charge in [0.05, 0.1) is 11.1 Å². The van der Waals surface area contributed by atoms with Crippen molar-refractivity contribution in [2.75, 3.05) is 13.6 Å². The molecule has 18 heavy (non-hydrogen) atoms. The zero-order valence-electron chi connectivity index (χ0n) is 11.1. The Bertz CT molecular complexity index is 464. The van der Waals surface area contributed by atoms with Gasteiger partial charge in [0.1, 0.15) is 0 Å². The Balaban J connectivity index is 3.01. The van der Waals surface area contributed by atoms with Crippen LogP contribution in [0.15, 0.2) is 18.5 Å². The molecule has 5 nitrogen and oxygen atoms in total. The Kier molecular flexibility index (Phi) is 4.06. The Morgan fingerprint density at radius 1 is 1.33 bits per heavy atom. The highest BCUT2D eigenvalue weighted by atomic mass is 16.4. The SMILES string of the molecule is CN(CC(C)(C)C)C(=O)c1ccncc1C(=O)O. The van der Waals surface area contributed by atoms with Gasteiger partial charge in [0.25, 0.3) is 5.91 Å². The lowest BCUT2D eigenvalue weighted by atomic mass is 9.96. The number of carbonyl (C=O) groups excluding carboxylic acids is 1. The summed E-state index contributed by atoms with van der Waals surface area (Å²) in [7, 11) is 1.67. The van der Waals surface area contributed by atoms with E-state index in [1.54, 1.807) is 7.05 Å². The van der Waals surface area contributed by atoms with Crippen LogP contribution in [0.25, 0.3) is 0 Å². The number of carboxylic acids is 1. The van der Waals surface area contributed by atoms with Crippen LogP contribution >= 0.6 is 0 Å². The minimum absolute atomic E-state index is 0.0408. The molecule has 1 rings (SSSR count). The first-order chi connectivity index (χ1) is 8.22. The van der Waals surface area contributed by atoms with Crippen molar-refractivity contribution in [1.82, 2.24) is 9.88 Å². The summed E-state index contributed by atoms with van der Waals surface area (Å²) in [4.78, 5) is 28.5. The highest BCUT2D eigenvalue weighted by molar-refractivity contribution is 6.04. The Morgan fingerprint density at radius 3 is 2.44 bits per heavy atom. The number of amides is 1. The average molecular weight is 250 g/mol. The van der Waals surface area contributed by atoms with Gasteiger partial charge in [-0.1, -0.05) is 20.8 Å². The van der Waals surface area contributed by atoms with E-state index < -0.39 is 5.97 Å². The Labute approximate surface area is 106 Å². The predicted molar refractivity (Wildman–Crippen MR) is 67.6 cm³/mol. The molecule has 0 bridgehead atoms. The van der Waals surface area contributed by atoms with Crippen LogP contribution in [0.2, 0.25) is 0 Å². The second-order valence-corrected chi connectivity index (χ2v) is 5.45. The fourth-order valence-electron chi connectivity index (χ4n) is 1.74. The summed E-state index contributed by atoms with van der Waals surface area (Å²) in [6.07, 6.45) is 2.62. The van der Waals surface area contributed by atoms with Crippen LogP contribution in [0, 0.1) is 5.41 Å². The summed E-state index contributed by atoms with van der Waals surface area (Å²) >= 11 is 0. The molecule has 0 saturated heterocycles. The van der Waals surface area contributed by atoms with Crippen LogP contribution in [0.3, 0.4) is 0 Å². The van der Waals surface area contributed by atoms with E-state index in [0.29, 0.717) is 6.54 Å². The van der Waals surface area contributed by atoms with E-state index in [1.807, 2.05) is 20.8 Å². The van der Waals surface area contributed by atoms with E-state index in [1.165, 1.54) is 23.4 Å². The zero-order valence-corrected chi connectivity index (χ0v) is 11.1. The lowest BCUT2D eigenvalue weighted by Crippen LogP contribution is -2.35. The van der Waals surface area contributed by atoms with Crippen molar-refractivity contribution in [2.24, 2.45) is 5.41 Å². The molecular weight excluding hydrogens is 232 g/mol. The van der Waals surface area contributed by atoms with Crippen molar-refractivity contribution in [2.45, 2.75) is 20.8 Å². The Morgan fingerprint density at radius 2 is 1.94 bits per heavy atom. The van der Waals surface area contributed by atoms with Gasteiger partial charge in [0.15, 0.2) is 0 Å². The first-order valence-electron chi connectivity index (χ1n) is 5.65. The van der Waals surface area contributed by atoms with Crippen molar-refractivity contribution in [3.05, 3.63) is 29.6 Å². The van der Waals surface area contributed by atoms with E-state index in [0.717, 1.165) is 0 Å². The third kappa shape index (κ3) is 3.55. The summed E-state index contributed by atoms with van der Waals surface area (Å²) in [5, 5.41) is 9.02. The molecule has 0 spiro atoms. The number of nitrogens with zero attached hydrogens (tertiary/aromatic N) is 2. The van der Waals surface area contributed by atoms with E-state index >= 15 is 0 Å². The predicted octanol–water partition coefficient (Wildman–Crippen LogP) is 1.90. The van der Waals surface area contributed by atoms with Crippen molar-refractivity contribution in [3.8, 4) is 0 Å². The minimum Gasteiger partial charge on any atom is -0.478 e. The van der Waals surface area contributed by atoms with Gasteiger partial charge in [-0.15, -0.1) is 0 Å². The highest BCUT2D eigenvalue weighted by Gasteiger charge is 2.22. The van der Waals surface area contributed by atoms with Gasteiger partial charge in [-0.05, 0) is 11.5 Å². The maximum atomic E-state index is 12.2. The number of pyridine rings is 1. The molecule has 0 saturated carbocycles. The first kappa shape index (κ1) is 14.2. The number of hydrogen-bond donors (Lipinski definition) is 1. The van der Waals surface area contributed by atoms with Gasteiger partial charge < -0.3 is 10.0 Å². The smallest absolute Gasteiger partial charge is 0.338 e. The minimum atomic E-state index is -1.14. The summed E-state index contributed by atoms with van der Waals surface area (Å²) < 4.78 is 0. The van der Waals surface area contributed by atoms with Gasteiger partial charge in [-0.25, -0.2) is 4.79 Å². The molecule has 1 heterocycles. The molecule has 5 heteroatoms. The lowest BCUT2D eigenvalue weighted by Gasteiger charge is -2.26. The van der Waals surface area contributed by atoms with Gasteiger partial charge in [-0.3, -0.25) is 9.78 Å². The maximum Gasteiger partial charge on any atom is 0.338 e. The Hall–Kier alpha value is -1.91. The molecule has 0 unspecified atom stereocenters. The third-order valence-electron chi connectivity index (χ3n) is 2.34. The van der Waals surface area contributed by atoms with E-state index in [2.05, 4.69) is 4.98 Å². The van der Waals surface area contributed by atoms with Gasteiger partial charge in [0, 0.05) is 26.0 Å². The molecule has 1 N–H and O–H groups in total. The molecule has 0 atom stereocenters. The molecule has 0 aliphatic rings. The third-order valence-corrected chi connectivity index (χ3v) is 2.34. The molecule has 1 aromatic heterocycles. The van der Waals surface area contributed by atoms with Crippen LogP contribution in [0.5, 0.6) is 0 Å². The topological polar surface area (TPSA) is 70.5 Å². The number of rotatable bonds is 3. The van der Waals surface area contributed by atoms with Crippen molar-refractivity contribution in [3.63, 3.8) is 0 Å². The number of aromatic nitrogens is 1. The molecule has 0 aliphatic carbocycles. The van der Waals surface area contributed by atoms with E-state index in [-0.39, 0.29) is 22.4 Å². The second kappa shape index (κ2) is 5.16. The lowest BCUT2D eigenvalue weighted by molar-refractivity contribution is 0.0673. The van der Waals surface area contributed by atoms with Crippen LogP contribution in [0.4, 0.5) is 0 Å². The van der Waals surface area contributed by atoms with Gasteiger partial charge in [-0.2, -0.15) is 0 Å². The molecule has 1 amide bonds. The number of carbonyl (C=O) groups is 2. The average Bonchev–Trinajstić information content (AvgIpc) is 2.25. The summed E-state index contributed by atoms with van der Waals surface area (Å²) in [6, 6.07) is 1.44. The second-order valence-electron chi connectivity index (χ2n) is 5.45. The first-order valence-corrected chi connectivity index (χ1v) is 5.65. The molecule has 0 aliphatic heterocycles. The van der Waals surface area contributed by atoms with Crippen molar-refractivity contribution < 1.29 is 14.7 Å². The quantitative estimate of drug-likeness (QED) is 0.889. The molecule has 0 aromatic carbocycles. The number of hydrogen-bond acceptors (Lipinski definition) is 3. The van der Waals surface area contributed by atoms with Crippen LogP contribution in [-0.2, 0) is 0 Å². The van der Waals surface area contributed by atoms with Crippen molar-refractivity contribution >= 4 is 11.9 Å². The fraction of sp³-hybridized carbons (Fsp3) is 0.462. The normalized spacial score (nSPS) is 11.1. The summed E-state index contributed by atoms with van der Waals surface area (Å²) in [5.41, 5.74) is 0.0633. The molecule has 0 fully saturated rings. The zero-order chi connectivity index (χ0) is 13.9. The summed E-state index contributed by atoms with van der Waals surface area (Å²) in [6.45, 7) is 6.59. The van der Waals surface area contributed by atoms with Crippen LogP contribution in [-0.4, -0.2) is 40.5 Å². The number of aromatic carboxylic acids is 1. The fourth-order valence-corrected chi connectivity index (χ4v) is 1.74. The molecule has 0 radical (unpaired) electrons. The highest BCUT2D eigenvalue weighted by Crippen LogP contribution is 2.17. The largest absolute Gasteiger partial charge is 0.478 e.